The number of aromatic nitrogens is 7. The Balaban J connectivity index is 1.93. The van der Waals surface area contributed by atoms with E-state index in [0.717, 1.165) is 11.1 Å². The topological polar surface area (TPSA) is 85.8 Å². The van der Waals surface area contributed by atoms with E-state index >= 15 is 0 Å². The van der Waals surface area contributed by atoms with Crippen molar-refractivity contribution in [3.8, 4) is 0 Å². The van der Waals surface area contributed by atoms with Crippen molar-refractivity contribution in [1.29, 1.82) is 0 Å². The molecule has 0 saturated heterocycles. The van der Waals surface area contributed by atoms with Crippen LogP contribution in [-0.4, -0.2) is 41.9 Å². The Kier molecular flexibility index (Phi) is 2.92. The Morgan fingerprint density at radius 3 is 3.00 bits per heavy atom. The van der Waals surface area contributed by atoms with Gasteiger partial charge in [-0.15, -0.1) is 10.2 Å². The first-order valence-corrected chi connectivity index (χ1v) is 5.95. The number of hydrogen-bond donors (Lipinski definition) is 1. The molecule has 1 unspecified atom stereocenters. The number of nitrogens with zero attached hydrogens (tertiary/aromatic N) is 7. The van der Waals surface area contributed by atoms with Crippen LogP contribution in [0, 0.1) is 0 Å². The van der Waals surface area contributed by atoms with Gasteiger partial charge in [0.15, 0.2) is 5.82 Å². The fourth-order valence-electron chi connectivity index (χ4n) is 2.08. The van der Waals surface area contributed by atoms with Crippen molar-refractivity contribution < 1.29 is 0 Å². The number of hydrogen-bond acceptors (Lipinski definition) is 6. The Hall–Kier alpha value is -2.35. The third kappa shape index (κ3) is 2.17. The van der Waals surface area contributed by atoms with Crippen LogP contribution in [0.4, 0.5) is 0 Å². The monoisotopic (exact) mass is 258 g/mol. The lowest BCUT2D eigenvalue weighted by atomic mass is 10.1. The first-order chi connectivity index (χ1) is 9.28. The SMILES string of the molecule is CNC(Cc1nnn(C)n1)c1cnn2ccncc12. The van der Waals surface area contributed by atoms with Gasteiger partial charge >= 0.3 is 0 Å². The summed E-state index contributed by atoms with van der Waals surface area (Å²) in [6, 6.07) is 0.0749. The second-order valence-corrected chi connectivity index (χ2v) is 4.25. The van der Waals surface area contributed by atoms with E-state index in [-0.39, 0.29) is 6.04 Å². The molecule has 3 rings (SSSR count). The van der Waals surface area contributed by atoms with E-state index in [1.54, 1.807) is 24.0 Å². The Bertz CT molecular complexity index is 685. The van der Waals surface area contributed by atoms with Crippen LogP contribution in [0.3, 0.4) is 0 Å². The molecule has 0 radical (unpaired) electrons. The molecule has 1 atom stereocenters. The highest BCUT2D eigenvalue weighted by Crippen LogP contribution is 2.20. The van der Waals surface area contributed by atoms with Gasteiger partial charge in [-0.25, -0.2) is 4.52 Å². The predicted octanol–water partition coefficient (Wildman–Crippen LogP) is -0.244. The molecule has 0 spiro atoms. The molecule has 0 bridgehead atoms. The summed E-state index contributed by atoms with van der Waals surface area (Å²) in [6.45, 7) is 0. The molecule has 0 aromatic carbocycles. The third-order valence-electron chi connectivity index (χ3n) is 3.01. The van der Waals surface area contributed by atoms with E-state index in [1.807, 2.05) is 19.4 Å². The lowest BCUT2D eigenvalue weighted by molar-refractivity contribution is 0.573. The summed E-state index contributed by atoms with van der Waals surface area (Å²) in [5.74, 6) is 0.699. The highest BCUT2D eigenvalue weighted by atomic mass is 15.6. The van der Waals surface area contributed by atoms with Gasteiger partial charge in [0.25, 0.3) is 0 Å². The minimum Gasteiger partial charge on any atom is -0.312 e. The van der Waals surface area contributed by atoms with E-state index in [2.05, 4.69) is 30.8 Å². The van der Waals surface area contributed by atoms with Gasteiger partial charge in [0.1, 0.15) is 0 Å². The van der Waals surface area contributed by atoms with Crippen molar-refractivity contribution in [3.63, 3.8) is 0 Å². The molecule has 98 valence electrons. The molecule has 8 nitrogen and oxygen atoms in total. The lowest BCUT2D eigenvalue weighted by Crippen LogP contribution is -2.19. The fourth-order valence-corrected chi connectivity index (χ4v) is 2.08. The van der Waals surface area contributed by atoms with Gasteiger partial charge in [0.2, 0.25) is 0 Å². The Morgan fingerprint density at radius 1 is 1.37 bits per heavy atom. The zero-order chi connectivity index (χ0) is 13.2. The molecule has 3 aromatic rings. The van der Waals surface area contributed by atoms with Crippen molar-refractivity contribution in [2.75, 3.05) is 7.05 Å². The molecule has 0 aliphatic carbocycles. The number of tetrazole rings is 1. The largest absolute Gasteiger partial charge is 0.312 e. The van der Waals surface area contributed by atoms with Crippen molar-refractivity contribution in [3.05, 3.63) is 36.2 Å². The Morgan fingerprint density at radius 2 is 2.26 bits per heavy atom. The van der Waals surface area contributed by atoms with Crippen LogP contribution in [0.1, 0.15) is 17.4 Å². The maximum absolute atomic E-state index is 4.31. The smallest absolute Gasteiger partial charge is 0.176 e. The average molecular weight is 258 g/mol. The van der Waals surface area contributed by atoms with Gasteiger partial charge in [0, 0.05) is 30.4 Å². The molecule has 3 aromatic heterocycles. The van der Waals surface area contributed by atoms with Crippen molar-refractivity contribution in [1.82, 2.24) is 40.1 Å². The molecule has 0 saturated carbocycles. The molecule has 0 aliphatic rings. The van der Waals surface area contributed by atoms with E-state index in [9.17, 15) is 0 Å². The zero-order valence-electron chi connectivity index (χ0n) is 10.7. The molecule has 1 N–H and O–H groups in total. The zero-order valence-corrected chi connectivity index (χ0v) is 10.7. The van der Waals surface area contributed by atoms with Crippen LogP contribution < -0.4 is 5.32 Å². The normalized spacial score (nSPS) is 12.9. The molecular weight excluding hydrogens is 244 g/mol. The van der Waals surface area contributed by atoms with Crippen LogP contribution >= 0.6 is 0 Å². The van der Waals surface area contributed by atoms with Crippen molar-refractivity contribution in [2.45, 2.75) is 12.5 Å². The number of nitrogens with one attached hydrogen (secondary N) is 1. The molecule has 0 fully saturated rings. The van der Waals surface area contributed by atoms with Crippen molar-refractivity contribution in [2.24, 2.45) is 7.05 Å². The second kappa shape index (κ2) is 4.73. The lowest BCUT2D eigenvalue weighted by Gasteiger charge is -2.12. The van der Waals surface area contributed by atoms with Crippen LogP contribution in [0.2, 0.25) is 0 Å². The van der Waals surface area contributed by atoms with E-state index in [1.165, 1.54) is 4.80 Å². The quantitative estimate of drug-likeness (QED) is 0.695. The number of aryl methyl sites for hydroxylation is 1. The maximum atomic E-state index is 4.31. The average Bonchev–Trinajstić information content (AvgIpc) is 3.02. The van der Waals surface area contributed by atoms with Gasteiger partial charge in [0.05, 0.1) is 25.0 Å². The minimum absolute atomic E-state index is 0.0749. The van der Waals surface area contributed by atoms with Crippen LogP contribution in [0.25, 0.3) is 5.52 Å². The van der Waals surface area contributed by atoms with Gasteiger partial charge < -0.3 is 5.32 Å². The van der Waals surface area contributed by atoms with Gasteiger partial charge in [-0.05, 0) is 12.3 Å². The highest BCUT2D eigenvalue weighted by Gasteiger charge is 2.17. The van der Waals surface area contributed by atoms with Gasteiger partial charge in [-0.1, -0.05) is 0 Å². The fraction of sp³-hybridized carbons (Fsp3) is 0.364. The minimum atomic E-state index is 0.0749. The Labute approximate surface area is 109 Å². The van der Waals surface area contributed by atoms with E-state index in [4.69, 9.17) is 0 Å². The first-order valence-electron chi connectivity index (χ1n) is 5.95. The van der Waals surface area contributed by atoms with E-state index < -0.39 is 0 Å². The number of fused-ring (bicyclic) bond motifs is 1. The van der Waals surface area contributed by atoms with Gasteiger partial charge in [-0.2, -0.15) is 9.90 Å². The van der Waals surface area contributed by atoms with E-state index in [0.29, 0.717) is 12.2 Å². The number of rotatable bonds is 4. The maximum Gasteiger partial charge on any atom is 0.176 e. The number of likely N-dealkylation sites (N-methyl/N-ethyl adjacent to an activating group) is 1. The summed E-state index contributed by atoms with van der Waals surface area (Å²) in [5.41, 5.74) is 2.05. The molecule has 3 heterocycles. The first kappa shape index (κ1) is 11.7. The molecule has 19 heavy (non-hydrogen) atoms. The predicted molar refractivity (Wildman–Crippen MR) is 67.3 cm³/mol. The summed E-state index contributed by atoms with van der Waals surface area (Å²) < 4.78 is 1.80. The van der Waals surface area contributed by atoms with Gasteiger partial charge in [-0.3, -0.25) is 4.98 Å². The molecular formula is C11H14N8. The molecule has 0 aliphatic heterocycles. The second-order valence-electron chi connectivity index (χ2n) is 4.25. The summed E-state index contributed by atoms with van der Waals surface area (Å²) in [5, 5.41) is 19.6. The molecule has 0 amide bonds. The summed E-state index contributed by atoms with van der Waals surface area (Å²) in [7, 11) is 3.66. The summed E-state index contributed by atoms with van der Waals surface area (Å²) in [6.07, 6.45) is 7.83. The van der Waals surface area contributed by atoms with Crippen LogP contribution in [0.5, 0.6) is 0 Å². The van der Waals surface area contributed by atoms with Crippen molar-refractivity contribution >= 4 is 5.52 Å². The summed E-state index contributed by atoms with van der Waals surface area (Å²) in [4.78, 5) is 5.60. The third-order valence-corrected chi connectivity index (χ3v) is 3.01. The van der Waals surface area contributed by atoms with Crippen LogP contribution in [-0.2, 0) is 13.5 Å². The van der Waals surface area contributed by atoms with Crippen LogP contribution in [0.15, 0.2) is 24.8 Å². The molecule has 8 heteroatoms. The highest BCUT2D eigenvalue weighted by molar-refractivity contribution is 5.53. The summed E-state index contributed by atoms with van der Waals surface area (Å²) >= 11 is 0. The standard InChI is InChI=1S/C11H14N8/c1-12-9(5-11-15-17-18(2)16-11)8-6-14-19-4-3-13-7-10(8)19/h3-4,6-7,9,12H,5H2,1-2H3.